The van der Waals surface area contributed by atoms with Gasteiger partial charge in [-0.05, 0) is 42.8 Å². The van der Waals surface area contributed by atoms with Gasteiger partial charge in [0.1, 0.15) is 11.8 Å². The van der Waals surface area contributed by atoms with Crippen LogP contribution in [0.5, 0.6) is 5.75 Å². The van der Waals surface area contributed by atoms with Crippen molar-refractivity contribution in [2.45, 2.75) is 19.4 Å². The van der Waals surface area contributed by atoms with Crippen LogP contribution in [-0.4, -0.2) is 19.1 Å². The van der Waals surface area contributed by atoms with Crippen LogP contribution in [-0.2, 0) is 11.2 Å². The molecule has 5 nitrogen and oxygen atoms in total. The molecular formula is C18H18ClN3O2. The van der Waals surface area contributed by atoms with Gasteiger partial charge in [-0.1, -0.05) is 23.7 Å². The zero-order chi connectivity index (χ0) is 17.5. The minimum atomic E-state index is -0.437. The summed E-state index contributed by atoms with van der Waals surface area (Å²) in [6.45, 7) is 1.77. The number of amides is 1. The van der Waals surface area contributed by atoms with Gasteiger partial charge >= 0.3 is 0 Å². The Labute approximate surface area is 146 Å². The Balaban J connectivity index is 1.96. The van der Waals surface area contributed by atoms with Crippen molar-refractivity contribution in [2.24, 2.45) is 0 Å². The first-order valence-corrected chi connectivity index (χ1v) is 7.78. The van der Waals surface area contributed by atoms with Crippen LogP contribution in [0, 0.1) is 11.3 Å². The average molecular weight is 344 g/mol. The van der Waals surface area contributed by atoms with Crippen molar-refractivity contribution in [3.8, 4) is 11.8 Å². The molecule has 1 amide bonds. The molecule has 2 aromatic rings. The molecule has 0 heterocycles. The molecule has 2 N–H and O–H groups in total. The number of nitrogens with one attached hydrogen (secondary N) is 2. The highest BCUT2D eigenvalue weighted by molar-refractivity contribution is 6.32. The third-order valence-electron chi connectivity index (χ3n) is 3.43. The molecule has 2 aromatic carbocycles. The first-order chi connectivity index (χ1) is 11.5. The van der Waals surface area contributed by atoms with E-state index in [2.05, 4.69) is 16.7 Å². The Morgan fingerprint density at radius 2 is 1.92 bits per heavy atom. The largest absolute Gasteiger partial charge is 0.495 e. The lowest BCUT2D eigenvalue weighted by Gasteiger charge is -2.16. The second kappa shape index (κ2) is 8.23. The Hall–Kier alpha value is -2.71. The summed E-state index contributed by atoms with van der Waals surface area (Å²) in [5.41, 5.74) is 2.35. The molecule has 0 unspecified atom stereocenters. The lowest BCUT2D eigenvalue weighted by Crippen LogP contribution is -2.31. The van der Waals surface area contributed by atoms with Gasteiger partial charge in [0.05, 0.1) is 24.6 Å². The van der Waals surface area contributed by atoms with E-state index in [9.17, 15) is 4.79 Å². The monoisotopic (exact) mass is 343 g/mol. The molecule has 0 aliphatic heterocycles. The number of halogens is 1. The van der Waals surface area contributed by atoms with Crippen molar-refractivity contribution in [3.05, 3.63) is 53.1 Å². The minimum Gasteiger partial charge on any atom is -0.495 e. The predicted molar refractivity (Wildman–Crippen MR) is 95.5 cm³/mol. The van der Waals surface area contributed by atoms with Crippen LogP contribution >= 0.6 is 11.6 Å². The lowest BCUT2D eigenvalue weighted by atomic mass is 10.1. The number of benzene rings is 2. The van der Waals surface area contributed by atoms with Gasteiger partial charge in [-0.2, -0.15) is 5.26 Å². The van der Waals surface area contributed by atoms with Crippen LogP contribution < -0.4 is 15.4 Å². The van der Waals surface area contributed by atoms with Crippen molar-refractivity contribution < 1.29 is 9.53 Å². The third-order valence-corrected chi connectivity index (χ3v) is 3.73. The number of anilines is 2. The van der Waals surface area contributed by atoms with E-state index in [-0.39, 0.29) is 5.91 Å². The van der Waals surface area contributed by atoms with Crippen molar-refractivity contribution in [1.29, 1.82) is 5.26 Å². The van der Waals surface area contributed by atoms with Gasteiger partial charge in [0, 0.05) is 11.4 Å². The van der Waals surface area contributed by atoms with Crippen LogP contribution in [0.4, 0.5) is 11.4 Å². The molecule has 0 spiro atoms. The topological polar surface area (TPSA) is 74.2 Å². The second-order valence-corrected chi connectivity index (χ2v) is 5.64. The fraction of sp³-hybridized carbons (Fsp3) is 0.222. The molecule has 0 radical (unpaired) electrons. The van der Waals surface area contributed by atoms with Crippen LogP contribution in [0.15, 0.2) is 42.5 Å². The van der Waals surface area contributed by atoms with Crippen molar-refractivity contribution in [1.82, 2.24) is 0 Å². The number of methoxy groups -OCH3 is 1. The Bertz CT molecular complexity index is 754. The van der Waals surface area contributed by atoms with Crippen LogP contribution in [0.2, 0.25) is 5.02 Å². The maximum absolute atomic E-state index is 12.3. The first-order valence-electron chi connectivity index (χ1n) is 7.40. The highest BCUT2D eigenvalue weighted by atomic mass is 35.5. The van der Waals surface area contributed by atoms with E-state index in [4.69, 9.17) is 21.6 Å². The summed E-state index contributed by atoms with van der Waals surface area (Å²) < 4.78 is 5.08. The molecule has 0 aromatic heterocycles. The molecule has 0 aliphatic carbocycles. The summed E-state index contributed by atoms with van der Waals surface area (Å²) in [4.78, 5) is 12.3. The predicted octanol–water partition coefficient (Wildman–Crippen LogP) is 3.85. The number of carbonyl (C=O) groups excluding carboxylic acids is 1. The van der Waals surface area contributed by atoms with Gasteiger partial charge in [-0.3, -0.25) is 4.79 Å². The summed E-state index contributed by atoms with van der Waals surface area (Å²) in [6, 6.07) is 14.1. The number of carbonyl (C=O) groups is 1. The molecular weight excluding hydrogens is 326 g/mol. The van der Waals surface area contributed by atoms with Crippen LogP contribution in [0.25, 0.3) is 0 Å². The highest BCUT2D eigenvalue weighted by Crippen LogP contribution is 2.27. The quantitative estimate of drug-likeness (QED) is 0.835. The molecule has 24 heavy (non-hydrogen) atoms. The van der Waals surface area contributed by atoms with E-state index < -0.39 is 6.04 Å². The van der Waals surface area contributed by atoms with Crippen molar-refractivity contribution >= 4 is 28.9 Å². The van der Waals surface area contributed by atoms with Gasteiger partial charge in [-0.15, -0.1) is 0 Å². The molecule has 0 fully saturated rings. The molecule has 0 aliphatic rings. The van der Waals surface area contributed by atoms with E-state index in [1.54, 1.807) is 25.1 Å². The summed E-state index contributed by atoms with van der Waals surface area (Å²) >= 11 is 6.05. The summed E-state index contributed by atoms with van der Waals surface area (Å²) in [6.07, 6.45) is 0.370. The summed E-state index contributed by atoms with van der Waals surface area (Å²) in [7, 11) is 1.54. The van der Waals surface area contributed by atoms with Gasteiger partial charge in [-0.25, -0.2) is 0 Å². The van der Waals surface area contributed by atoms with E-state index in [0.29, 0.717) is 22.9 Å². The SMILES string of the molecule is COc1ccc(NC(=O)[C@H](C)Nc2ccc(CC#N)cc2)cc1Cl. The molecule has 0 bridgehead atoms. The molecule has 0 saturated heterocycles. The maximum atomic E-state index is 12.3. The number of rotatable bonds is 6. The molecule has 1 atom stereocenters. The zero-order valence-electron chi connectivity index (χ0n) is 13.5. The van der Waals surface area contributed by atoms with Gasteiger partial charge in [0.25, 0.3) is 0 Å². The minimum absolute atomic E-state index is 0.183. The van der Waals surface area contributed by atoms with E-state index >= 15 is 0 Å². The summed E-state index contributed by atoms with van der Waals surface area (Å²) in [5, 5.41) is 15.0. The van der Waals surface area contributed by atoms with Gasteiger partial charge in [0.2, 0.25) is 5.91 Å². The zero-order valence-corrected chi connectivity index (χ0v) is 14.2. The highest BCUT2D eigenvalue weighted by Gasteiger charge is 2.13. The Morgan fingerprint density at radius 1 is 1.25 bits per heavy atom. The van der Waals surface area contributed by atoms with Crippen LogP contribution in [0.3, 0.4) is 0 Å². The Morgan fingerprint density at radius 3 is 2.50 bits per heavy atom. The van der Waals surface area contributed by atoms with Crippen molar-refractivity contribution in [3.63, 3.8) is 0 Å². The molecule has 6 heteroatoms. The average Bonchev–Trinajstić information content (AvgIpc) is 2.57. The number of nitriles is 1. The summed E-state index contributed by atoms with van der Waals surface area (Å²) in [5.74, 6) is 0.371. The van der Waals surface area contributed by atoms with Gasteiger partial charge in [0.15, 0.2) is 0 Å². The number of nitrogens with zero attached hydrogens (tertiary/aromatic N) is 1. The fourth-order valence-electron chi connectivity index (χ4n) is 2.12. The first kappa shape index (κ1) is 17.6. The normalized spacial score (nSPS) is 11.2. The number of hydrogen-bond acceptors (Lipinski definition) is 4. The molecule has 124 valence electrons. The second-order valence-electron chi connectivity index (χ2n) is 5.24. The molecule has 2 rings (SSSR count). The molecule has 0 saturated carbocycles. The smallest absolute Gasteiger partial charge is 0.246 e. The standard InChI is InChI=1S/C18H18ClN3O2/c1-12(21-14-5-3-13(4-6-14)9-10-20)18(23)22-15-7-8-17(24-2)16(19)11-15/h3-8,11-12,21H,9H2,1-2H3,(H,22,23)/t12-/m0/s1. The van der Waals surface area contributed by atoms with E-state index in [0.717, 1.165) is 11.3 Å². The maximum Gasteiger partial charge on any atom is 0.246 e. The van der Waals surface area contributed by atoms with Gasteiger partial charge < -0.3 is 15.4 Å². The third kappa shape index (κ3) is 4.64. The van der Waals surface area contributed by atoms with E-state index in [1.165, 1.54) is 7.11 Å². The number of ether oxygens (including phenoxy) is 1. The lowest BCUT2D eigenvalue weighted by molar-refractivity contribution is -0.116. The Kier molecular flexibility index (Phi) is 6.05. The van der Waals surface area contributed by atoms with E-state index in [1.807, 2.05) is 24.3 Å². The number of hydrogen-bond donors (Lipinski definition) is 2. The van der Waals surface area contributed by atoms with Crippen LogP contribution in [0.1, 0.15) is 12.5 Å². The fourth-order valence-corrected chi connectivity index (χ4v) is 2.38. The van der Waals surface area contributed by atoms with Crippen molar-refractivity contribution in [2.75, 3.05) is 17.7 Å².